The van der Waals surface area contributed by atoms with Crippen LogP contribution in [0.2, 0.25) is 0 Å². The molecule has 0 saturated carbocycles. The normalized spacial score (nSPS) is 18.2. The second-order valence-electron chi connectivity index (χ2n) is 14.8. The van der Waals surface area contributed by atoms with E-state index < -0.39 is 86.0 Å². The average molecular weight is 821 g/mol. The number of rotatable bonds is 23. The molecular weight excluding hydrogens is 763 g/mol. The molecule has 1 aliphatic heterocycles. The summed E-state index contributed by atoms with van der Waals surface area (Å²) in [6.45, 7) is 6.03. The maximum Gasteiger partial charge on any atom is 0.325 e. The molecule has 0 spiro atoms. The summed E-state index contributed by atoms with van der Waals surface area (Å²) in [7, 11) is -4.60. The minimum absolute atomic E-state index is 0.103. The number of nitrogens with one attached hydrogen (secondary N) is 5. The number of ether oxygens (including phenoxy) is 1. The van der Waals surface area contributed by atoms with Gasteiger partial charge in [0.25, 0.3) is 0 Å². The van der Waals surface area contributed by atoms with Gasteiger partial charge in [-0.1, -0.05) is 51.1 Å². The van der Waals surface area contributed by atoms with E-state index in [4.69, 9.17) is 10.5 Å². The molecule has 2 heterocycles. The van der Waals surface area contributed by atoms with Crippen LogP contribution in [0.15, 0.2) is 42.9 Å². The molecule has 1 fully saturated rings. The lowest BCUT2D eigenvalue weighted by Crippen LogP contribution is -2.60. The molecule has 7 atom stereocenters. The molecule has 19 nitrogen and oxygen atoms in total. The van der Waals surface area contributed by atoms with Gasteiger partial charge in [0.2, 0.25) is 35.4 Å². The molecular formula is C37H57N8O11P. The van der Waals surface area contributed by atoms with Gasteiger partial charge in [-0.15, -0.1) is 0 Å². The number of unbranched alkanes of at least 4 members (excludes halogenated alkanes) is 1. The molecule has 1 aromatic heterocycles. The molecule has 3 rings (SSSR count). The third-order valence-corrected chi connectivity index (χ3v) is 10.5. The number of carbonyl (C=O) groups is 6. The highest BCUT2D eigenvalue weighted by atomic mass is 31.2. The Morgan fingerprint density at radius 2 is 1.61 bits per heavy atom. The number of amides is 6. The Balaban J connectivity index is 1.69. The second-order valence-corrected chi connectivity index (χ2v) is 16.5. The van der Waals surface area contributed by atoms with Gasteiger partial charge in [0.05, 0.1) is 25.2 Å². The molecule has 20 heteroatoms. The van der Waals surface area contributed by atoms with E-state index in [0.717, 1.165) is 19.3 Å². The van der Waals surface area contributed by atoms with Crippen LogP contribution in [-0.4, -0.2) is 127 Å². The Morgan fingerprint density at radius 3 is 2.19 bits per heavy atom. The number of nitrogens with zero attached hydrogens (tertiary/aromatic N) is 2. The first-order valence-electron chi connectivity index (χ1n) is 18.9. The van der Waals surface area contributed by atoms with Crippen molar-refractivity contribution in [2.24, 2.45) is 17.6 Å². The van der Waals surface area contributed by atoms with Crippen LogP contribution in [0.4, 0.5) is 0 Å². The number of primary amides is 1. The van der Waals surface area contributed by atoms with Gasteiger partial charge in [-0.3, -0.25) is 33.3 Å². The molecule has 10 N–H and O–H groups in total. The van der Waals surface area contributed by atoms with Gasteiger partial charge < -0.3 is 56.5 Å². The Kier molecular flexibility index (Phi) is 18.3. The van der Waals surface area contributed by atoms with Crippen LogP contribution < -0.4 is 27.0 Å². The second kappa shape index (κ2) is 22.3. The van der Waals surface area contributed by atoms with Crippen molar-refractivity contribution in [1.82, 2.24) is 36.1 Å². The highest BCUT2D eigenvalue weighted by molar-refractivity contribution is 7.51. The van der Waals surface area contributed by atoms with Crippen molar-refractivity contribution in [3.8, 4) is 0 Å². The molecule has 0 aliphatic carbocycles. The summed E-state index contributed by atoms with van der Waals surface area (Å²) in [5.41, 5.74) is 7.02. The van der Waals surface area contributed by atoms with E-state index in [1.165, 1.54) is 36.8 Å². The van der Waals surface area contributed by atoms with Crippen molar-refractivity contribution >= 4 is 43.0 Å². The number of imidazole rings is 1. The number of benzene rings is 1. The number of aliphatic hydroxyl groups excluding tert-OH is 1. The molecule has 6 amide bonds. The Morgan fingerprint density at radius 1 is 0.965 bits per heavy atom. The maximum absolute atomic E-state index is 13.9. The van der Waals surface area contributed by atoms with Gasteiger partial charge in [0, 0.05) is 44.8 Å². The van der Waals surface area contributed by atoms with Gasteiger partial charge in [0.1, 0.15) is 30.2 Å². The van der Waals surface area contributed by atoms with Crippen LogP contribution in [0.1, 0.15) is 64.6 Å². The largest absolute Gasteiger partial charge is 0.394 e. The van der Waals surface area contributed by atoms with Gasteiger partial charge in [-0.2, -0.15) is 0 Å². The number of aliphatic hydroxyl groups is 1. The van der Waals surface area contributed by atoms with Crippen LogP contribution in [0.5, 0.6) is 0 Å². The Labute approximate surface area is 331 Å². The zero-order chi connectivity index (χ0) is 42.3. The summed E-state index contributed by atoms with van der Waals surface area (Å²) < 4.78 is 17.6. The lowest BCUT2D eigenvalue weighted by molar-refractivity contribution is -0.139. The van der Waals surface area contributed by atoms with E-state index in [-0.39, 0.29) is 43.7 Å². The van der Waals surface area contributed by atoms with Crippen molar-refractivity contribution in [2.45, 2.75) is 103 Å². The molecule has 316 valence electrons. The molecule has 2 aromatic rings. The van der Waals surface area contributed by atoms with Crippen LogP contribution in [0.3, 0.4) is 0 Å². The first-order valence-corrected chi connectivity index (χ1v) is 20.7. The zero-order valence-electron chi connectivity index (χ0n) is 32.8. The van der Waals surface area contributed by atoms with Gasteiger partial charge in [-0.05, 0) is 43.1 Å². The summed E-state index contributed by atoms with van der Waals surface area (Å²) in [4.78, 5) is 106. The van der Waals surface area contributed by atoms with E-state index in [9.17, 15) is 48.2 Å². The fourth-order valence-electron chi connectivity index (χ4n) is 6.60. The minimum atomic E-state index is -4.60. The molecule has 57 heavy (non-hydrogen) atoms. The summed E-state index contributed by atoms with van der Waals surface area (Å²) in [5.74, 6) is -5.95. The first-order chi connectivity index (χ1) is 26.9. The van der Waals surface area contributed by atoms with Crippen molar-refractivity contribution in [3.05, 3.63) is 54.1 Å². The quantitative estimate of drug-likeness (QED) is 0.0495. The fourth-order valence-corrected chi connectivity index (χ4v) is 7.57. The number of aromatic nitrogens is 2. The summed E-state index contributed by atoms with van der Waals surface area (Å²) in [6, 6.07) is 3.42. The van der Waals surface area contributed by atoms with E-state index in [1.807, 2.05) is 32.0 Å². The number of hydrogen-bond acceptors (Lipinski definition) is 10. The van der Waals surface area contributed by atoms with Crippen LogP contribution in [0, 0.1) is 11.8 Å². The molecule has 1 aromatic carbocycles. The third-order valence-electron chi connectivity index (χ3n) is 9.49. The van der Waals surface area contributed by atoms with Crippen molar-refractivity contribution in [1.29, 1.82) is 0 Å². The molecule has 0 unspecified atom stereocenters. The minimum Gasteiger partial charge on any atom is -0.394 e. The number of nitrogens with two attached hydrogens (primary N) is 1. The zero-order valence-corrected chi connectivity index (χ0v) is 33.7. The number of likely N-dealkylation sites (tertiary alicyclic amines) is 1. The molecule has 0 bridgehead atoms. The number of aromatic amines is 1. The number of hydrogen-bond donors (Lipinski definition) is 9. The van der Waals surface area contributed by atoms with E-state index >= 15 is 0 Å². The van der Waals surface area contributed by atoms with Crippen LogP contribution in [0.25, 0.3) is 0 Å². The van der Waals surface area contributed by atoms with Crippen LogP contribution in [-0.2, 0) is 50.9 Å². The standard InChI is InChI=1S/C37H57N8O11P/c1-22(2)14-28(42-37(52)31-16-27(18-45(31)24(4)47)56-13-9-8-12-25-10-6-5-7-11-25)34(49)41-29(15-26-17-39-21-40-26)35(50)43-30(19-46)36(51)44-32(33(38)48)23(3)20-57(53,54)55/h5-7,10-11,17,21-23,27-32,46H,8-9,12-16,18-20H2,1-4H3,(H2,38,48)(H,39,40)(H,41,49)(H,42,52)(H,43,50)(H,44,51)(H2,53,54,55)/t23-,27-,28-,29-,30-,31-,32-/m0/s1. The molecule has 1 aliphatic rings. The van der Waals surface area contributed by atoms with E-state index in [0.29, 0.717) is 12.3 Å². The average Bonchev–Trinajstić information content (AvgIpc) is 3.82. The summed E-state index contributed by atoms with van der Waals surface area (Å²) >= 11 is 0. The lowest BCUT2D eigenvalue weighted by Gasteiger charge is -2.28. The molecule has 0 radical (unpaired) electrons. The van der Waals surface area contributed by atoms with Crippen LogP contribution >= 0.6 is 7.60 Å². The predicted molar refractivity (Wildman–Crippen MR) is 207 cm³/mol. The summed E-state index contributed by atoms with van der Waals surface area (Å²) in [6.07, 6.45) is 4.44. The number of H-pyrrole nitrogens is 1. The smallest absolute Gasteiger partial charge is 0.325 e. The fraction of sp³-hybridized carbons (Fsp3) is 0.595. The topological polar surface area (TPSA) is 295 Å². The Hall–Kier alpha value is -4.68. The highest BCUT2D eigenvalue weighted by Gasteiger charge is 2.41. The van der Waals surface area contributed by atoms with Crippen molar-refractivity contribution < 1.29 is 53.0 Å². The van der Waals surface area contributed by atoms with Gasteiger partial charge >= 0.3 is 7.60 Å². The number of aryl methyl sites for hydroxylation is 1. The summed E-state index contributed by atoms with van der Waals surface area (Å²) in [5, 5.41) is 20.0. The monoisotopic (exact) mass is 820 g/mol. The van der Waals surface area contributed by atoms with E-state index in [2.05, 4.69) is 43.4 Å². The molecule has 1 saturated heterocycles. The Bertz CT molecular complexity index is 1690. The third kappa shape index (κ3) is 15.6. The van der Waals surface area contributed by atoms with E-state index in [1.54, 1.807) is 0 Å². The van der Waals surface area contributed by atoms with Gasteiger partial charge in [0.15, 0.2) is 0 Å². The van der Waals surface area contributed by atoms with Gasteiger partial charge in [-0.25, -0.2) is 4.98 Å². The highest BCUT2D eigenvalue weighted by Crippen LogP contribution is 2.37. The van der Waals surface area contributed by atoms with Crippen molar-refractivity contribution in [3.63, 3.8) is 0 Å². The predicted octanol–water partition coefficient (Wildman–Crippen LogP) is -0.742. The van der Waals surface area contributed by atoms with Crippen molar-refractivity contribution in [2.75, 3.05) is 25.9 Å². The maximum atomic E-state index is 13.9. The number of carbonyl (C=O) groups excluding carboxylic acids is 6. The lowest BCUT2D eigenvalue weighted by atomic mass is 10.0. The SMILES string of the molecule is CC(=O)N1C[C@@H](OCCCCc2ccccc2)C[C@H]1C(=O)N[C@@H](CC(C)C)C(=O)N[C@@H](Cc1cnc[nH]1)C(=O)N[C@@H](CO)C(=O)N[C@H](C(N)=O)[C@@H](C)CP(=O)(O)O. The first kappa shape index (κ1) is 46.7.